The van der Waals surface area contributed by atoms with Gasteiger partial charge < -0.3 is 10.4 Å². The first kappa shape index (κ1) is 17.5. The molecule has 0 heterocycles. The van der Waals surface area contributed by atoms with Crippen LogP contribution in [0.25, 0.3) is 0 Å². The molecule has 0 aliphatic heterocycles. The van der Waals surface area contributed by atoms with E-state index in [-0.39, 0.29) is 17.1 Å². The Morgan fingerprint density at radius 2 is 1.42 bits per heavy atom. The summed E-state index contributed by atoms with van der Waals surface area (Å²) in [5.74, 6) is 0.0173. The molecule has 0 fully saturated rings. The van der Waals surface area contributed by atoms with Crippen molar-refractivity contribution in [2.24, 2.45) is 4.99 Å². The molecule has 0 atom stereocenters. The SMILES string of the molecule is CC(=O)C(C(=Nc1ccc(C)cc1)Nc1ccc(C)cc1)=C(C)O. The van der Waals surface area contributed by atoms with Gasteiger partial charge in [0.2, 0.25) is 0 Å². The number of aryl methyl sites for hydroxylation is 2. The zero-order valence-corrected chi connectivity index (χ0v) is 14.4. The lowest BCUT2D eigenvalue weighted by molar-refractivity contribution is -0.113. The van der Waals surface area contributed by atoms with Crippen molar-refractivity contribution in [3.63, 3.8) is 0 Å². The quantitative estimate of drug-likeness (QED) is 0.365. The highest BCUT2D eigenvalue weighted by Crippen LogP contribution is 2.18. The highest BCUT2D eigenvalue weighted by molar-refractivity contribution is 6.26. The molecule has 0 unspecified atom stereocenters. The number of aliphatic hydroxyl groups excluding tert-OH is 1. The summed E-state index contributed by atoms with van der Waals surface area (Å²) in [6.07, 6.45) is 0. The monoisotopic (exact) mass is 322 g/mol. The molecule has 0 bridgehead atoms. The minimum absolute atomic E-state index is 0.0621. The molecule has 2 N–H and O–H groups in total. The Morgan fingerprint density at radius 1 is 0.917 bits per heavy atom. The molecular formula is C20H22N2O2. The molecule has 2 rings (SSSR count). The summed E-state index contributed by atoms with van der Waals surface area (Å²) in [6, 6.07) is 15.4. The van der Waals surface area contributed by atoms with Crippen LogP contribution in [0.2, 0.25) is 0 Å². The second kappa shape index (κ2) is 7.59. The lowest BCUT2D eigenvalue weighted by Gasteiger charge is -2.13. The first-order valence-electron chi connectivity index (χ1n) is 7.77. The normalized spacial score (nSPS) is 12.6. The highest BCUT2D eigenvalue weighted by atomic mass is 16.3. The lowest BCUT2D eigenvalue weighted by atomic mass is 10.1. The summed E-state index contributed by atoms with van der Waals surface area (Å²) >= 11 is 0. The van der Waals surface area contributed by atoms with E-state index in [2.05, 4.69) is 10.3 Å². The third-order valence-electron chi connectivity index (χ3n) is 3.54. The smallest absolute Gasteiger partial charge is 0.166 e. The Balaban J connectivity index is 2.48. The van der Waals surface area contributed by atoms with Crippen molar-refractivity contribution in [3.05, 3.63) is 71.0 Å². The summed E-state index contributed by atoms with van der Waals surface area (Å²) < 4.78 is 0. The predicted octanol–water partition coefficient (Wildman–Crippen LogP) is 4.87. The molecule has 124 valence electrons. The number of allylic oxidation sites excluding steroid dienone is 1. The van der Waals surface area contributed by atoms with Crippen molar-refractivity contribution in [1.29, 1.82) is 0 Å². The van der Waals surface area contributed by atoms with Crippen molar-refractivity contribution in [2.45, 2.75) is 27.7 Å². The van der Waals surface area contributed by atoms with Gasteiger partial charge in [-0.3, -0.25) is 4.79 Å². The predicted molar refractivity (Wildman–Crippen MR) is 99.1 cm³/mol. The Morgan fingerprint density at radius 3 is 1.88 bits per heavy atom. The maximum atomic E-state index is 12.0. The third-order valence-corrected chi connectivity index (χ3v) is 3.54. The van der Waals surface area contributed by atoms with E-state index in [9.17, 15) is 9.90 Å². The number of aliphatic hydroxyl groups is 1. The molecule has 4 nitrogen and oxygen atoms in total. The van der Waals surface area contributed by atoms with E-state index in [1.807, 2.05) is 62.4 Å². The summed E-state index contributed by atoms with van der Waals surface area (Å²) in [7, 11) is 0. The third kappa shape index (κ3) is 4.56. The molecule has 0 amide bonds. The first-order valence-corrected chi connectivity index (χ1v) is 7.77. The molecule has 0 spiro atoms. The molecule has 0 aromatic heterocycles. The fraction of sp³-hybridized carbons (Fsp3) is 0.200. The maximum Gasteiger partial charge on any atom is 0.166 e. The molecule has 0 saturated carbocycles. The molecular weight excluding hydrogens is 300 g/mol. The Kier molecular flexibility index (Phi) is 5.53. The number of hydrogen-bond donors (Lipinski definition) is 2. The van der Waals surface area contributed by atoms with E-state index >= 15 is 0 Å². The largest absolute Gasteiger partial charge is 0.512 e. The van der Waals surface area contributed by atoms with E-state index in [1.54, 1.807) is 0 Å². The standard InChI is InChI=1S/C20H22N2O2/c1-13-5-9-17(10-6-13)21-20(19(15(3)23)16(4)24)22-18-11-7-14(2)8-12-18/h5-12,23H,1-4H3,(H,21,22). The van der Waals surface area contributed by atoms with Crippen molar-refractivity contribution in [3.8, 4) is 0 Å². The van der Waals surface area contributed by atoms with Crippen molar-refractivity contribution in [1.82, 2.24) is 0 Å². The molecule has 0 aliphatic rings. The molecule has 2 aromatic carbocycles. The lowest BCUT2D eigenvalue weighted by Crippen LogP contribution is -2.21. The summed E-state index contributed by atoms with van der Waals surface area (Å²) in [4.78, 5) is 16.5. The Hall–Kier alpha value is -2.88. The van der Waals surface area contributed by atoms with Crippen LogP contribution in [0.4, 0.5) is 11.4 Å². The van der Waals surface area contributed by atoms with Gasteiger partial charge in [-0.25, -0.2) is 4.99 Å². The topological polar surface area (TPSA) is 61.7 Å². The Bertz CT molecular complexity index is 781. The van der Waals surface area contributed by atoms with Crippen molar-refractivity contribution >= 4 is 23.0 Å². The maximum absolute atomic E-state index is 12.0. The number of anilines is 1. The fourth-order valence-electron chi connectivity index (χ4n) is 2.26. The van der Waals surface area contributed by atoms with Crippen LogP contribution in [0.1, 0.15) is 25.0 Å². The van der Waals surface area contributed by atoms with Gasteiger partial charge in [-0.1, -0.05) is 35.4 Å². The zero-order valence-electron chi connectivity index (χ0n) is 14.4. The van der Waals surface area contributed by atoms with Gasteiger partial charge in [-0.05, 0) is 52.0 Å². The van der Waals surface area contributed by atoms with Crippen molar-refractivity contribution in [2.75, 3.05) is 5.32 Å². The second-order valence-electron chi connectivity index (χ2n) is 5.80. The zero-order chi connectivity index (χ0) is 17.7. The first-order chi connectivity index (χ1) is 11.4. The van der Waals surface area contributed by atoms with E-state index in [1.165, 1.54) is 13.8 Å². The average Bonchev–Trinajstić information content (AvgIpc) is 2.51. The number of hydrogen-bond acceptors (Lipinski definition) is 3. The van der Waals surface area contributed by atoms with Crippen LogP contribution in [0, 0.1) is 13.8 Å². The van der Waals surface area contributed by atoms with Crippen LogP contribution in [-0.4, -0.2) is 16.7 Å². The van der Waals surface area contributed by atoms with Gasteiger partial charge >= 0.3 is 0 Å². The Labute approximate surface area is 142 Å². The van der Waals surface area contributed by atoms with Crippen LogP contribution in [-0.2, 0) is 4.79 Å². The number of Topliss-reactive ketones (excluding diaryl/α,β-unsaturated/α-hetero) is 1. The molecule has 0 aliphatic carbocycles. The van der Waals surface area contributed by atoms with Crippen molar-refractivity contribution < 1.29 is 9.90 Å². The average molecular weight is 322 g/mol. The van der Waals surface area contributed by atoms with Gasteiger partial charge in [-0.2, -0.15) is 0 Å². The van der Waals surface area contributed by atoms with Gasteiger partial charge in [-0.15, -0.1) is 0 Å². The van der Waals surface area contributed by atoms with Crippen LogP contribution in [0.5, 0.6) is 0 Å². The number of carbonyl (C=O) groups is 1. The van der Waals surface area contributed by atoms with E-state index in [0.717, 1.165) is 16.8 Å². The number of ketones is 1. The van der Waals surface area contributed by atoms with E-state index < -0.39 is 0 Å². The summed E-state index contributed by atoms with van der Waals surface area (Å²) in [6.45, 7) is 6.90. The summed E-state index contributed by atoms with van der Waals surface area (Å²) in [5, 5.41) is 13.1. The van der Waals surface area contributed by atoms with Crippen LogP contribution in [0.15, 0.2) is 64.9 Å². The minimum atomic E-state index is -0.250. The molecule has 4 heteroatoms. The number of amidine groups is 1. The molecule has 2 aromatic rings. The van der Waals surface area contributed by atoms with Gasteiger partial charge in [0.1, 0.15) is 11.6 Å². The number of nitrogens with zero attached hydrogens (tertiary/aromatic N) is 1. The summed E-state index contributed by atoms with van der Waals surface area (Å²) in [5.41, 5.74) is 3.94. The van der Waals surface area contributed by atoms with E-state index in [4.69, 9.17) is 0 Å². The van der Waals surface area contributed by atoms with Crippen LogP contribution >= 0.6 is 0 Å². The second-order valence-corrected chi connectivity index (χ2v) is 5.80. The van der Waals surface area contributed by atoms with Crippen LogP contribution < -0.4 is 5.32 Å². The number of rotatable bonds is 4. The van der Waals surface area contributed by atoms with E-state index in [0.29, 0.717) is 11.5 Å². The fourth-order valence-corrected chi connectivity index (χ4v) is 2.26. The van der Waals surface area contributed by atoms with Gasteiger partial charge in [0.25, 0.3) is 0 Å². The minimum Gasteiger partial charge on any atom is -0.512 e. The number of aliphatic imine (C=N–C) groups is 1. The number of benzene rings is 2. The van der Waals surface area contributed by atoms with Crippen LogP contribution in [0.3, 0.4) is 0 Å². The number of nitrogens with one attached hydrogen (secondary N) is 1. The van der Waals surface area contributed by atoms with Gasteiger partial charge in [0.15, 0.2) is 5.78 Å². The molecule has 24 heavy (non-hydrogen) atoms. The highest BCUT2D eigenvalue weighted by Gasteiger charge is 2.16. The molecule has 0 radical (unpaired) electrons. The van der Waals surface area contributed by atoms with Gasteiger partial charge in [0.05, 0.1) is 11.3 Å². The van der Waals surface area contributed by atoms with Gasteiger partial charge in [0, 0.05) is 5.69 Å². The molecule has 0 saturated heterocycles. The number of carbonyl (C=O) groups excluding carboxylic acids is 1.